The highest BCUT2D eigenvalue weighted by Gasteiger charge is 2.11. The number of nitrogens with zero attached hydrogens (tertiary/aromatic N) is 1. The molecule has 0 fully saturated rings. The number of benzene rings is 1. The third-order valence-electron chi connectivity index (χ3n) is 2.46. The summed E-state index contributed by atoms with van der Waals surface area (Å²) >= 11 is 0. The molecule has 0 radical (unpaired) electrons. The molecule has 0 bridgehead atoms. The van der Waals surface area contributed by atoms with E-state index in [1.165, 1.54) is 4.90 Å². The fraction of sp³-hybridized carbons (Fsp3) is 0.500. The van der Waals surface area contributed by atoms with Crippen molar-refractivity contribution in [2.75, 3.05) is 33.0 Å². The second-order valence-electron chi connectivity index (χ2n) is 4.72. The summed E-state index contributed by atoms with van der Waals surface area (Å²) in [6, 6.07) is 5.03. The lowest BCUT2D eigenvalue weighted by Crippen LogP contribution is -2.21. The molecule has 0 aliphatic heterocycles. The van der Waals surface area contributed by atoms with Gasteiger partial charge in [-0.2, -0.15) is 0 Å². The first-order valence-electron chi connectivity index (χ1n) is 6.27. The van der Waals surface area contributed by atoms with Gasteiger partial charge in [0, 0.05) is 19.7 Å². The van der Waals surface area contributed by atoms with E-state index >= 15 is 0 Å². The van der Waals surface area contributed by atoms with E-state index in [1.54, 1.807) is 32.3 Å². The number of carbonyl (C=O) groups excluding carboxylic acids is 1. The summed E-state index contributed by atoms with van der Waals surface area (Å²) in [5.41, 5.74) is 6.89. The first-order chi connectivity index (χ1) is 8.91. The van der Waals surface area contributed by atoms with Crippen molar-refractivity contribution in [1.29, 1.82) is 0 Å². The summed E-state index contributed by atoms with van der Waals surface area (Å²) in [4.78, 5) is 13.3. The number of amides is 1. The third-order valence-corrected chi connectivity index (χ3v) is 2.46. The first kappa shape index (κ1) is 15.3. The van der Waals surface area contributed by atoms with Crippen LogP contribution in [0.4, 0.5) is 5.69 Å². The molecule has 0 heterocycles. The molecule has 19 heavy (non-hydrogen) atoms. The van der Waals surface area contributed by atoms with Crippen LogP contribution in [0.3, 0.4) is 0 Å². The smallest absolute Gasteiger partial charge is 0.253 e. The number of hydrogen-bond acceptors (Lipinski definition) is 4. The van der Waals surface area contributed by atoms with E-state index in [0.717, 1.165) is 0 Å². The number of rotatable bonds is 6. The highest BCUT2D eigenvalue weighted by molar-refractivity contribution is 5.94. The predicted octanol–water partition coefficient (Wildman–Crippen LogP) is 1.77. The van der Waals surface area contributed by atoms with Crippen LogP contribution < -0.4 is 10.5 Å². The number of nitrogens with two attached hydrogens (primary N) is 1. The summed E-state index contributed by atoms with van der Waals surface area (Å²) in [7, 11) is 3.41. The van der Waals surface area contributed by atoms with Gasteiger partial charge in [0.1, 0.15) is 12.4 Å². The molecule has 1 aromatic rings. The van der Waals surface area contributed by atoms with Crippen LogP contribution in [0, 0.1) is 0 Å². The molecule has 1 amide bonds. The minimum absolute atomic E-state index is 0.0803. The van der Waals surface area contributed by atoms with Crippen molar-refractivity contribution in [3.05, 3.63) is 23.8 Å². The van der Waals surface area contributed by atoms with Gasteiger partial charge in [-0.05, 0) is 32.0 Å². The molecule has 0 unspecified atom stereocenters. The number of hydrogen-bond donors (Lipinski definition) is 1. The van der Waals surface area contributed by atoms with Gasteiger partial charge in [0.05, 0.1) is 18.4 Å². The molecule has 1 rings (SSSR count). The zero-order valence-corrected chi connectivity index (χ0v) is 12.0. The lowest BCUT2D eigenvalue weighted by Gasteiger charge is -2.14. The Morgan fingerprint density at radius 2 is 2.00 bits per heavy atom. The number of anilines is 1. The van der Waals surface area contributed by atoms with Crippen molar-refractivity contribution in [3.8, 4) is 5.75 Å². The molecular formula is C14H22N2O3. The lowest BCUT2D eigenvalue weighted by atomic mass is 10.1. The number of ether oxygens (including phenoxy) is 2. The molecule has 1 aromatic carbocycles. The molecule has 2 N–H and O–H groups in total. The molecule has 5 heteroatoms. The Kier molecular flexibility index (Phi) is 5.63. The Labute approximate surface area is 114 Å². The largest absolute Gasteiger partial charge is 0.489 e. The lowest BCUT2D eigenvalue weighted by molar-refractivity contribution is 0.0554. The zero-order valence-electron chi connectivity index (χ0n) is 12.0. The molecule has 0 saturated carbocycles. The topological polar surface area (TPSA) is 64.8 Å². The van der Waals surface area contributed by atoms with Crippen molar-refractivity contribution in [2.45, 2.75) is 20.0 Å². The standard InChI is InChI=1S/C14H22N2O3/c1-10(2)18-7-8-19-13-9-11(5-6-12(13)15)14(17)16(3)4/h5-6,9-10H,7-8,15H2,1-4H3. The second kappa shape index (κ2) is 6.99. The van der Waals surface area contributed by atoms with Gasteiger partial charge in [0.15, 0.2) is 0 Å². The SMILES string of the molecule is CC(C)OCCOc1cc(C(=O)N(C)C)ccc1N. The Morgan fingerprint density at radius 1 is 1.32 bits per heavy atom. The minimum atomic E-state index is -0.0803. The van der Waals surface area contributed by atoms with Crippen molar-refractivity contribution in [3.63, 3.8) is 0 Å². The van der Waals surface area contributed by atoms with Gasteiger partial charge in [-0.3, -0.25) is 4.79 Å². The monoisotopic (exact) mass is 266 g/mol. The highest BCUT2D eigenvalue weighted by Crippen LogP contribution is 2.23. The molecule has 5 nitrogen and oxygen atoms in total. The van der Waals surface area contributed by atoms with Crippen LogP contribution in [0.25, 0.3) is 0 Å². The van der Waals surface area contributed by atoms with E-state index in [9.17, 15) is 4.79 Å². The van der Waals surface area contributed by atoms with Gasteiger partial charge in [-0.1, -0.05) is 0 Å². The maximum absolute atomic E-state index is 11.8. The van der Waals surface area contributed by atoms with E-state index in [0.29, 0.717) is 30.2 Å². The predicted molar refractivity (Wildman–Crippen MR) is 75.5 cm³/mol. The molecule has 0 saturated heterocycles. The summed E-state index contributed by atoms with van der Waals surface area (Å²) in [5.74, 6) is 0.434. The third kappa shape index (κ3) is 4.79. The first-order valence-corrected chi connectivity index (χ1v) is 6.27. The Morgan fingerprint density at radius 3 is 2.58 bits per heavy atom. The van der Waals surface area contributed by atoms with Crippen molar-refractivity contribution < 1.29 is 14.3 Å². The van der Waals surface area contributed by atoms with Gasteiger partial charge < -0.3 is 20.1 Å². The van der Waals surface area contributed by atoms with E-state index in [2.05, 4.69) is 0 Å². The molecule has 0 atom stereocenters. The molecule has 106 valence electrons. The van der Waals surface area contributed by atoms with E-state index < -0.39 is 0 Å². The summed E-state index contributed by atoms with van der Waals surface area (Å²) in [5, 5.41) is 0. The molecule has 0 aliphatic carbocycles. The average Bonchev–Trinajstić information content (AvgIpc) is 2.35. The maximum Gasteiger partial charge on any atom is 0.253 e. The van der Waals surface area contributed by atoms with Crippen molar-refractivity contribution in [1.82, 2.24) is 4.90 Å². The van der Waals surface area contributed by atoms with E-state index in [4.69, 9.17) is 15.2 Å². The van der Waals surface area contributed by atoms with Crippen LogP contribution in [0.5, 0.6) is 5.75 Å². The molecular weight excluding hydrogens is 244 g/mol. The molecule has 0 aromatic heterocycles. The van der Waals surface area contributed by atoms with Gasteiger partial charge in [0.25, 0.3) is 5.91 Å². The second-order valence-corrected chi connectivity index (χ2v) is 4.72. The molecule has 0 aliphatic rings. The minimum Gasteiger partial charge on any atom is -0.489 e. The Balaban J connectivity index is 2.67. The van der Waals surface area contributed by atoms with Crippen LogP contribution in [0.15, 0.2) is 18.2 Å². The quantitative estimate of drug-likeness (QED) is 0.629. The summed E-state index contributed by atoms with van der Waals surface area (Å²) in [6.07, 6.45) is 0.169. The van der Waals surface area contributed by atoms with Gasteiger partial charge in [-0.15, -0.1) is 0 Å². The van der Waals surface area contributed by atoms with Crippen molar-refractivity contribution in [2.24, 2.45) is 0 Å². The maximum atomic E-state index is 11.8. The normalized spacial score (nSPS) is 10.6. The highest BCUT2D eigenvalue weighted by atomic mass is 16.5. The van der Waals surface area contributed by atoms with Crippen LogP contribution >= 0.6 is 0 Å². The van der Waals surface area contributed by atoms with Crippen molar-refractivity contribution >= 4 is 11.6 Å². The van der Waals surface area contributed by atoms with Crippen LogP contribution in [-0.2, 0) is 4.74 Å². The Bertz CT molecular complexity index is 431. The Hall–Kier alpha value is -1.75. The average molecular weight is 266 g/mol. The van der Waals surface area contributed by atoms with Crippen LogP contribution in [0.2, 0.25) is 0 Å². The summed E-state index contributed by atoms with van der Waals surface area (Å²) in [6.45, 7) is 4.82. The fourth-order valence-electron chi connectivity index (χ4n) is 1.49. The number of nitrogen functional groups attached to an aromatic ring is 1. The van der Waals surface area contributed by atoms with Gasteiger partial charge in [0.2, 0.25) is 0 Å². The number of carbonyl (C=O) groups is 1. The molecule has 0 spiro atoms. The van der Waals surface area contributed by atoms with Gasteiger partial charge >= 0.3 is 0 Å². The fourth-order valence-corrected chi connectivity index (χ4v) is 1.49. The zero-order chi connectivity index (χ0) is 14.4. The van der Waals surface area contributed by atoms with E-state index in [1.807, 2.05) is 13.8 Å². The van der Waals surface area contributed by atoms with Crippen LogP contribution in [0.1, 0.15) is 24.2 Å². The van der Waals surface area contributed by atoms with Crippen LogP contribution in [-0.4, -0.2) is 44.2 Å². The summed E-state index contributed by atoms with van der Waals surface area (Å²) < 4.78 is 10.9. The van der Waals surface area contributed by atoms with Gasteiger partial charge in [-0.25, -0.2) is 0 Å². The van der Waals surface area contributed by atoms with E-state index in [-0.39, 0.29) is 12.0 Å².